The summed E-state index contributed by atoms with van der Waals surface area (Å²) in [6.07, 6.45) is 2.69. The second-order valence-electron chi connectivity index (χ2n) is 6.70. The Bertz CT molecular complexity index is 696. The Morgan fingerprint density at radius 2 is 2.00 bits per heavy atom. The van der Waals surface area contributed by atoms with Crippen LogP contribution in [0.5, 0.6) is 11.5 Å². The number of hydrogen-bond acceptors (Lipinski definition) is 4. The third-order valence-corrected chi connectivity index (χ3v) is 4.68. The van der Waals surface area contributed by atoms with Crippen molar-refractivity contribution in [1.82, 2.24) is 5.32 Å². The molecule has 3 rings (SSSR count). The first kappa shape index (κ1) is 18.7. The fourth-order valence-electron chi connectivity index (χ4n) is 3.16. The SMILES string of the molecule is CCOc1cc(CNC[C@@H]2CCCO2)ccc1OCc1ccccc1C. The average molecular weight is 355 g/mol. The Morgan fingerprint density at radius 1 is 1.12 bits per heavy atom. The number of ether oxygens (including phenoxy) is 3. The molecule has 2 aromatic rings. The summed E-state index contributed by atoms with van der Waals surface area (Å²) in [6.45, 7) is 7.86. The number of benzene rings is 2. The number of rotatable bonds is 9. The molecule has 1 atom stereocenters. The summed E-state index contributed by atoms with van der Waals surface area (Å²) in [5.41, 5.74) is 3.62. The molecule has 0 radical (unpaired) electrons. The fraction of sp³-hybridized carbons (Fsp3) is 0.455. The van der Waals surface area contributed by atoms with Crippen molar-refractivity contribution in [3.63, 3.8) is 0 Å². The summed E-state index contributed by atoms with van der Waals surface area (Å²) in [4.78, 5) is 0. The lowest BCUT2D eigenvalue weighted by Gasteiger charge is -2.15. The molecule has 1 heterocycles. The molecule has 4 nitrogen and oxygen atoms in total. The zero-order chi connectivity index (χ0) is 18.2. The van der Waals surface area contributed by atoms with Crippen LogP contribution in [-0.2, 0) is 17.9 Å². The predicted octanol–water partition coefficient (Wildman–Crippen LogP) is 4.24. The molecule has 4 heteroatoms. The molecule has 140 valence electrons. The lowest BCUT2D eigenvalue weighted by Crippen LogP contribution is -2.25. The Kier molecular flexibility index (Phi) is 6.92. The summed E-state index contributed by atoms with van der Waals surface area (Å²) in [5, 5.41) is 3.48. The monoisotopic (exact) mass is 355 g/mol. The van der Waals surface area contributed by atoms with Crippen LogP contribution < -0.4 is 14.8 Å². The summed E-state index contributed by atoms with van der Waals surface area (Å²) < 4.78 is 17.5. The van der Waals surface area contributed by atoms with Crippen LogP contribution in [0, 0.1) is 6.92 Å². The molecule has 0 aliphatic carbocycles. The molecule has 2 aromatic carbocycles. The van der Waals surface area contributed by atoms with E-state index >= 15 is 0 Å². The van der Waals surface area contributed by atoms with Crippen LogP contribution in [0.2, 0.25) is 0 Å². The van der Waals surface area contributed by atoms with Gasteiger partial charge in [-0.2, -0.15) is 0 Å². The van der Waals surface area contributed by atoms with Gasteiger partial charge in [-0.15, -0.1) is 0 Å². The van der Waals surface area contributed by atoms with E-state index in [0.717, 1.165) is 37.6 Å². The Labute approximate surface area is 156 Å². The highest BCUT2D eigenvalue weighted by atomic mass is 16.5. The lowest BCUT2D eigenvalue weighted by molar-refractivity contribution is 0.110. The van der Waals surface area contributed by atoms with Crippen molar-refractivity contribution in [2.24, 2.45) is 0 Å². The van der Waals surface area contributed by atoms with E-state index < -0.39 is 0 Å². The number of aryl methyl sites for hydroxylation is 1. The van der Waals surface area contributed by atoms with Gasteiger partial charge in [0.05, 0.1) is 12.7 Å². The Balaban J connectivity index is 1.59. The summed E-state index contributed by atoms with van der Waals surface area (Å²) >= 11 is 0. The molecule has 0 amide bonds. The summed E-state index contributed by atoms with van der Waals surface area (Å²) in [6, 6.07) is 14.5. The Hall–Kier alpha value is -2.04. The zero-order valence-electron chi connectivity index (χ0n) is 15.8. The largest absolute Gasteiger partial charge is 0.490 e. The van der Waals surface area contributed by atoms with Crippen molar-refractivity contribution < 1.29 is 14.2 Å². The second kappa shape index (κ2) is 9.60. The van der Waals surface area contributed by atoms with Crippen LogP contribution in [0.15, 0.2) is 42.5 Å². The molecule has 1 N–H and O–H groups in total. The highest BCUT2D eigenvalue weighted by Gasteiger charge is 2.14. The first-order chi connectivity index (χ1) is 12.8. The molecule has 0 saturated carbocycles. The topological polar surface area (TPSA) is 39.7 Å². The van der Waals surface area contributed by atoms with Crippen molar-refractivity contribution in [3.05, 3.63) is 59.2 Å². The lowest BCUT2D eigenvalue weighted by atomic mass is 10.1. The molecule has 1 saturated heterocycles. The van der Waals surface area contributed by atoms with E-state index in [1.165, 1.54) is 23.1 Å². The van der Waals surface area contributed by atoms with E-state index in [9.17, 15) is 0 Å². The molecular weight excluding hydrogens is 326 g/mol. The fourth-order valence-corrected chi connectivity index (χ4v) is 3.16. The molecule has 1 fully saturated rings. The summed E-state index contributed by atoms with van der Waals surface area (Å²) in [7, 11) is 0. The quantitative estimate of drug-likeness (QED) is 0.730. The highest BCUT2D eigenvalue weighted by Crippen LogP contribution is 2.29. The van der Waals surface area contributed by atoms with Crippen LogP contribution >= 0.6 is 0 Å². The molecule has 26 heavy (non-hydrogen) atoms. The van der Waals surface area contributed by atoms with Gasteiger partial charge >= 0.3 is 0 Å². The number of hydrogen-bond donors (Lipinski definition) is 1. The molecule has 1 aliphatic rings. The van der Waals surface area contributed by atoms with Gasteiger partial charge in [-0.05, 0) is 55.5 Å². The molecule has 0 unspecified atom stereocenters. The summed E-state index contributed by atoms with van der Waals surface area (Å²) in [5.74, 6) is 1.59. The van der Waals surface area contributed by atoms with Gasteiger partial charge in [0, 0.05) is 19.7 Å². The average Bonchev–Trinajstić information content (AvgIpc) is 3.16. The maximum absolute atomic E-state index is 6.03. The van der Waals surface area contributed by atoms with E-state index in [4.69, 9.17) is 14.2 Å². The van der Waals surface area contributed by atoms with E-state index in [1.54, 1.807) is 0 Å². The van der Waals surface area contributed by atoms with Gasteiger partial charge in [0.2, 0.25) is 0 Å². The van der Waals surface area contributed by atoms with E-state index in [1.807, 2.05) is 25.1 Å². The van der Waals surface area contributed by atoms with Crippen LogP contribution in [0.25, 0.3) is 0 Å². The normalized spacial score (nSPS) is 16.6. The van der Waals surface area contributed by atoms with E-state index in [2.05, 4.69) is 36.5 Å². The van der Waals surface area contributed by atoms with Gasteiger partial charge in [0.15, 0.2) is 11.5 Å². The predicted molar refractivity (Wildman–Crippen MR) is 104 cm³/mol. The molecule has 0 bridgehead atoms. The third-order valence-electron chi connectivity index (χ3n) is 4.68. The molecular formula is C22H29NO3. The smallest absolute Gasteiger partial charge is 0.161 e. The van der Waals surface area contributed by atoms with Crippen molar-refractivity contribution >= 4 is 0 Å². The van der Waals surface area contributed by atoms with Crippen molar-refractivity contribution in [2.45, 2.75) is 45.9 Å². The van der Waals surface area contributed by atoms with Gasteiger partial charge < -0.3 is 19.5 Å². The van der Waals surface area contributed by atoms with Gasteiger partial charge in [0.25, 0.3) is 0 Å². The van der Waals surface area contributed by atoms with E-state index in [-0.39, 0.29) is 0 Å². The van der Waals surface area contributed by atoms with Crippen LogP contribution in [0.3, 0.4) is 0 Å². The van der Waals surface area contributed by atoms with Gasteiger partial charge in [-0.25, -0.2) is 0 Å². The first-order valence-corrected chi connectivity index (χ1v) is 9.51. The van der Waals surface area contributed by atoms with Crippen molar-refractivity contribution in [3.8, 4) is 11.5 Å². The van der Waals surface area contributed by atoms with Crippen molar-refractivity contribution in [2.75, 3.05) is 19.8 Å². The minimum atomic E-state index is 0.359. The van der Waals surface area contributed by atoms with E-state index in [0.29, 0.717) is 19.3 Å². The third kappa shape index (κ3) is 5.23. The Morgan fingerprint density at radius 3 is 2.77 bits per heavy atom. The van der Waals surface area contributed by atoms with Gasteiger partial charge in [-0.1, -0.05) is 30.3 Å². The van der Waals surface area contributed by atoms with Crippen LogP contribution in [-0.4, -0.2) is 25.9 Å². The second-order valence-corrected chi connectivity index (χ2v) is 6.70. The van der Waals surface area contributed by atoms with Gasteiger partial charge in [0.1, 0.15) is 6.61 Å². The highest BCUT2D eigenvalue weighted by molar-refractivity contribution is 5.43. The maximum Gasteiger partial charge on any atom is 0.161 e. The standard InChI is InChI=1S/C22H29NO3/c1-3-24-22-13-18(14-23-15-20-9-6-12-25-20)10-11-21(22)26-16-19-8-5-4-7-17(19)2/h4-5,7-8,10-11,13,20,23H,3,6,9,12,14-16H2,1-2H3/t20-/m0/s1. The maximum atomic E-state index is 6.03. The minimum absolute atomic E-state index is 0.359. The van der Waals surface area contributed by atoms with Crippen LogP contribution in [0.4, 0.5) is 0 Å². The van der Waals surface area contributed by atoms with Gasteiger partial charge in [-0.3, -0.25) is 0 Å². The number of nitrogens with one attached hydrogen (secondary N) is 1. The van der Waals surface area contributed by atoms with Crippen molar-refractivity contribution in [1.29, 1.82) is 0 Å². The zero-order valence-corrected chi connectivity index (χ0v) is 15.8. The molecule has 1 aliphatic heterocycles. The first-order valence-electron chi connectivity index (χ1n) is 9.51. The molecule has 0 aromatic heterocycles. The minimum Gasteiger partial charge on any atom is -0.490 e. The molecule has 0 spiro atoms. The van der Waals surface area contributed by atoms with Crippen LogP contribution in [0.1, 0.15) is 36.5 Å².